The van der Waals surface area contributed by atoms with Crippen molar-refractivity contribution >= 4 is 22.8 Å². The van der Waals surface area contributed by atoms with Gasteiger partial charge in [0.05, 0.1) is 11.0 Å². The summed E-state index contributed by atoms with van der Waals surface area (Å²) >= 11 is 0. The number of nitro benzene ring substituents is 1. The lowest BCUT2D eigenvalue weighted by atomic mass is 10.1. The lowest BCUT2D eigenvalue weighted by Gasteiger charge is -2.01. The van der Waals surface area contributed by atoms with Gasteiger partial charge in [-0.25, -0.2) is 0 Å². The Morgan fingerprint density at radius 3 is 2.76 bits per heavy atom. The van der Waals surface area contributed by atoms with Crippen LogP contribution >= 0.6 is 0 Å². The number of benzene rings is 2. The number of anilines is 1. The van der Waals surface area contributed by atoms with Gasteiger partial charge in [0.15, 0.2) is 5.58 Å². The summed E-state index contributed by atoms with van der Waals surface area (Å²) in [6, 6.07) is 14.8. The number of non-ortho nitro benzene ring substituents is 1. The first-order valence-electron chi connectivity index (χ1n) is 6.55. The standard InChI is InChI=1S/C15H13N3O3/c19-18(20)12-6-7-13-14(10-12)21-15(17-13)16-9-8-11-4-2-1-3-5-11/h1-7,10H,8-9H2,(H,16,17). The second-order valence-corrected chi connectivity index (χ2v) is 4.59. The van der Waals surface area contributed by atoms with E-state index in [2.05, 4.69) is 22.4 Å². The van der Waals surface area contributed by atoms with Crippen LogP contribution in [0, 0.1) is 10.1 Å². The Morgan fingerprint density at radius 1 is 1.19 bits per heavy atom. The van der Waals surface area contributed by atoms with E-state index in [4.69, 9.17) is 4.42 Å². The van der Waals surface area contributed by atoms with E-state index < -0.39 is 4.92 Å². The van der Waals surface area contributed by atoms with E-state index in [0.717, 1.165) is 6.42 Å². The lowest BCUT2D eigenvalue weighted by molar-refractivity contribution is -0.384. The van der Waals surface area contributed by atoms with Gasteiger partial charge in [-0.05, 0) is 18.1 Å². The first-order chi connectivity index (χ1) is 10.2. The van der Waals surface area contributed by atoms with Crippen LogP contribution in [0.5, 0.6) is 0 Å². The van der Waals surface area contributed by atoms with Crippen LogP contribution < -0.4 is 5.32 Å². The van der Waals surface area contributed by atoms with Crippen molar-refractivity contribution in [3.8, 4) is 0 Å². The zero-order valence-corrected chi connectivity index (χ0v) is 11.2. The minimum atomic E-state index is -0.454. The molecule has 0 fully saturated rings. The highest BCUT2D eigenvalue weighted by Gasteiger charge is 2.11. The normalized spacial score (nSPS) is 10.7. The zero-order valence-electron chi connectivity index (χ0n) is 11.2. The highest BCUT2D eigenvalue weighted by molar-refractivity contribution is 5.77. The second kappa shape index (κ2) is 5.62. The summed E-state index contributed by atoms with van der Waals surface area (Å²) in [5, 5.41) is 13.8. The molecule has 0 amide bonds. The monoisotopic (exact) mass is 283 g/mol. The largest absolute Gasteiger partial charge is 0.423 e. The molecule has 0 bridgehead atoms. The number of fused-ring (bicyclic) bond motifs is 1. The van der Waals surface area contributed by atoms with Crippen molar-refractivity contribution < 1.29 is 9.34 Å². The molecule has 6 heteroatoms. The molecule has 1 N–H and O–H groups in total. The fraction of sp³-hybridized carbons (Fsp3) is 0.133. The van der Waals surface area contributed by atoms with E-state index in [9.17, 15) is 10.1 Å². The van der Waals surface area contributed by atoms with Crippen molar-refractivity contribution in [2.45, 2.75) is 6.42 Å². The Bertz CT molecular complexity index is 768. The molecule has 0 spiro atoms. The third kappa shape index (κ3) is 3.00. The summed E-state index contributed by atoms with van der Waals surface area (Å²) in [6.45, 7) is 0.679. The Hall–Kier alpha value is -2.89. The third-order valence-electron chi connectivity index (χ3n) is 3.12. The average Bonchev–Trinajstić information content (AvgIpc) is 2.90. The van der Waals surface area contributed by atoms with Crippen molar-refractivity contribution in [1.82, 2.24) is 4.98 Å². The number of rotatable bonds is 5. The van der Waals surface area contributed by atoms with E-state index in [-0.39, 0.29) is 5.69 Å². The predicted molar refractivity (Wildman–Crippen MR) is 79.3 cm³/mol. The van der Waals surface area contributed by atoms with Gasteiger partial charge in [-0.15, -0.1) is 0 Å². The Kier molecular flexibility index (Phi) is 3.51. The maximum absolute atomic E-state index is 10.7. The van der Waals surface area contributed by atoms with Crippen molar-refractivity contribution in [3.05, 3.63) is 64.2 Å². The molecule has 0 aliphatic rings. The Balaban J connectivity index is 1.68. The minimum Gasteiger partial charge on any atom is -0.423 e. The summed E-state index contributed by atoms with van der Waals surface area (Å²) in [7, 11) is 0. The molecular weight excluding hydrogens is 270 g/mol. The smallest absolute Gasteiger partial charge is 0.295 e. The molecule has 6 nitrogen and oxygen atoms in total. The van der Waals surface area contributed by atoms with E-state index in [0.29, 0.717) is 23.7 Å². The Morgan fingerprint density at radius 2 is 2.00 bits per heavy atom. The fourth-order valence-electron chi connectivity index (χ4n) is 2.06. The molecule has 1 heterocycles. The molecule has 106 valence electrons. The molecular formula is C15H13N3O3. The van der Waals surface area contributed by atoms with Crippen LogP contribution in [0.2, 0.25) is 0 Å². The fourth-order valence-corrected chi connectivity index (χ4v) is 2.06. The second-order valence-electron chi connectivity index (χ2n) is 4.59. The van der Waals surface area contributed by atoms with Gasteiger partial charge in [0, 0.05) is 12.6 Å². The van der Waals surface area contributed by atoms with E-state index in [1.54, 1.807) is 6.07 Å². The molecule has 0 aliphatic carbocycles. The summed E-state index contributed by atoms with van der Waals surface area (Å²) in [5.74, 6) is 0. The number of nitro groups is 1. The van der Waals surface area contributed by atoms with Crippen molar-refractivity contribution in [2.24, 2.45) is 0 Å². The number of nitrogens with zero attached hydrogens (tertiary/aromatic N) is 2. The molecule has 0 radical (unpaired) electrons. The number of hydrogen-bond donors (Lipinski definition) is 1. The van der Waals surface area contributed by atoms with Gasteiger partial charge in [0.1, 0.15) is 5.52 Å². The predicted octanol–water partition coefficient (Wildman–Crippen LogP) is 3.39. The minimum absolute atomic E-state index is 0.00511. The molecule has 0 atom stereocenters. The zero-order chi connectivity index (χ0) is 14.7. The third-order valence-corrected chi connectivity index (χ3v) is 3.12. The summed E-state index contributed by atoms with van der Waals surface area (Å²) in [4.78, 5) is 14.5. The number of hydrogen-bond acceptors (Lipinski definition) is 5. The SMILES string of the molecule is O=[N+]([O-])c1ccc2nc(NCCc3ccccc3)oc2c1. The van der Waals surface area contributed by atoms with Gasteiger partial charge in [-0.3, -0.25) is 10.1 Å². The van der Waals surface area contributed by atoms with Gasteiger partial charge in [0.2, 0.25) is 0 Å². The highest BCUT2D eigenvalue weighted by atomic mass is 16.6. The van der Waals surface area contributed by atoms with E-state index >= 15 is 0 Å². The van der Waals surface area contributed by atoms with Crippen LogP contribution in [0.15, 0.2) is 52.9 Å². The molecule has 0 saturated heterocycles. The molecule has 0 unspecified atom stereocenters. The molecule has 2 aromatic carbocycles. The van der Waals surface area contributed by atoms with E-state index in [1.807, 2.05) is 18.2 Å². The first-order valence-corrected chi connectivity index (χ1v) is 6.55. The first kappa shape index (κ1) is 13.1. The van der Waals surface area contributed by atoms with Gasteiger partial charge >= 0.3 is 0 Å². The van der Waals surface area contributed by atoms with Gasteiger partial charge in [0.25, 0.3) is 11.7 Å². The highest BCUT2D eigenvalue weighted by Crippen LogP contribution is 2.23. The maximum atomic E-state index is 10.7. The molecule has 21 heavy (non-hydrogen) atoms. The lowest BCUT2D eigenvalue weighted by Crippen LogP contribution is -2.04. The molecule has 3 rings (SSSR count). The summed E-state index contributed by atoms with van der Waals surface area (Å²) in [6.07, 6.45) is 0.847. The van der Waals surface area contributed by atoms with Crippen LogP contribution in [0.4, 0.5) is 11.7 Å². The number of oxazole rings is 1. The van der Waals surface area contributed by atoms with E-state index in [1.165, 1.54) is 17.7 Å². The van der Waals surface area contributed by atoms with Crippen molar-refractivity contribution in [1.29, 1.82) is 0 Å². The molecule has 3 aromatic rings. The average molecular weight is 283 g/mol. The summed E-state index contributed by atoms with van der Waals surface area (Å²) < 4.78 is 5.47. The van der Waals surface area contributed by atoms with Crippen LogP contribution in [-0.4, -0.2) is 16.5 Å². The Labute approximate surface area is 120 Å². The van der Waals surface area contributed by atoms with Gasteiger partial charge < -0.3 is 9.73 Å². The number of nitrogens with one attached hydrogen (secondary N) is 1. The number of aromatic nitrogens is 1. The maximum Gasteiger partial charge on any atom is 0.295 e. The van der Waals surface area contributed by atoms with Gasteiger partial charge in [-0.2, -0.15) is 4.98 Å². The van der Waals surface area contributed by atoms with Crippen LogP contribution in [0.1, 0.15) is 5.56 Å². The molecule has 0 aliphatic heterocycles. The topological polar surface area (TPSA) is 81.2 Å². The quantitative estimate of drug-likeness (QED) is 0.573. The van der Waals surface area contributed by atoms with Crippen LogP contribution in [0.25, 0.3) is 11.1 Å². The van der Waals surface area contributed by atoms with Crippen LogP contribution in [-0.2, 0) is 6.42 Å². The summed E-state index contributed by atoms with van der Waals surface area (Å²) in [5.41, 5.74) is 2.22. The van der Waals surface area contributed by atoms with Crippen molar-refractivity contribution in [3.63, 3.8) is 0 Å². The molecule has 0 saturated carbocycles. The van der Waals surface area contributed by atoms with Crippen molar-refractivity contribution in [2.75, 3.05) is 11.9 Å². The molecule has 1 aromatic heterocycles. The van der Waals surface area contributed by atoms with Crippen LogP contribution in [0.3, 0.4) is 0 Å². The van der Waals surface area contributed by atoms with Gasteiger partial charge in [-0.1, -0.05) is 30.3 Å².